The number of anilines is 2. The van der Waals surface area contributed by atoms with Gasteiger partial charge in [-0.05, 0) is 57.4 Å². The summed E-state index contributed by atoms with van der Waals surface area (Å²) in [5.74, 6) is -0.0195. The molecule has 5 rings (SSSR count). The first-order valence-electron chi connectivity index (χ1n) is 13.1. The minimum atomic E-state index is -0.294. The molecule has 0 spiro atoms. The second-order valence-corrected chi connectivity index (χ2v) is 9.94. The molecule has 186 valence electrons. The van der Waals surface area contributed by atoms with Gasteiger partial charge in [-0.3, -0.25) is 0 Å². The van der Waals surface area contributed by atoms with Crippen LogP contribution >= 0.6 is 0 Å². The Morgan fingerprint density at radius 1 is 1.00 bits per heavy atom. The molecular formula is C29H37N3O3. The van der Waals surface area contributed by atoms with Gasteiger partial charge >= 0.3 is 5.97 Å². The Morgan fingerprint density at radius 2 is 1.66 bits per heavy atom. The number of rotatable bonds is 5. The van der Waals surface area contributed by atoms with Gasteiger partial charge in [0.2, 0.25) is 0 Å². The lowest BCUT2D eigenvalue weighted by Crippen LogP contribution is -2.46. The Hall–Kier alpha value is -3.15. The molecule has 1 aliphatic carbocycles. The zero-order valence-corrected chi connectivity index (χ0v) is 21.2. The molecule has 1 saturated carbocycles. The van der Waals surface area contributed by atoms with E-state index in [2.05, 4.69) is 44.7 Å². The van der Waals surface area contributed by atoms with E-state index in [0.29, 0.717) is 18.2 Å². The van der Waals surface area contributed by atoms with Crippen LogP contribution in [0.3, 0.4) is 0 Å². The molecule has 1 saturated heterocycles. The van der Waals surface area contributed by atoms with Gasteiger partial charge < -0.3 is 24.2 Å². The Kier molecular flexibility index (Phi) is 6.63. The molecular weight excluding hydrogens is 438 g/mol. The molecule has 6 heteroatoms. The van der Waals surface area contributed by atoms with Crippen LogP contribution in [0, 0.1) is 13.8 Å². The minimum Gasteiger partial charge on any atom is -0.505 e. The Balaban J connectivity index is 1.62. The molecule has 0 unspecified atom stereocenters. The van der Waals surface area contributed by atoms with E-state index in [4.69, 9.17) is 4.74 Å². The van der Waals surface area contributed by atoms with Crippen molar-refractivity contribution in [1.82, 2.24) is 4.57 Å². The average molecular weight is 476 g/mol. The molecule has 0 atom stereocenters. The van der Waals surface area contributed by atoms with Crippen LogP contribution in [0.15, 0.2) is 36.4 Å². The Bertz CT molecular complexity index is 1200. The molecule has 1 aromatic heterocycles. The maximum absolute atomic E-state index is 13.3. The highest BCUT2D eigenvalue weighted by atomic mass is 16.5. The summed E-state index contributed by atoms with van der Waals surface area (Å²) >= 11 is 0. The number of nitrogens with zero attached hydrogens (tertiary/aromatic N) is 3. The van der Waals surface area contributed by atoms with Crippen molar-refractivity contribution in [2.75, 3.05) is 42.6 Å². The molecule has 0 bridgehead atoms. The fraction of sp³-hybridized carbons (Fsp3) is 0.483. The third-order valence-electron chi connectivity index (χ3n) is 7.81. The highest BCUT2D eigenvalue weighted by molar-refractivity contribution is 6.12. The van der Waals surface area contributed by atoms with Crippen molar-refractivity contribution < 1.29 is 14.6 Å². The maximum atomic E-state index is 13.3. The van der Waals surface area contributed by atoms with Crippen molar-refractivity contribution in [2.45, 2.75) is 58.9 Å². The van der Waals surface area contributed by atoms with Crippen LogP contribution in [0.25, 0.3) is 10.9 Å². The van der Waals surface area contributed by atoms with Crippen LogP contribution < -0.4 is 9.80 Å². The molecule has 3 aromatic rings. The number of hydrogen-bond donors (Lipinski definition) is 1. The zero-order valence-electron chi connectivity index (χ0n) is 21.2. The molecule has 6 nitrogen and oxygen atoms in total. The highest BCUT2D eigenvalue weighted by Crippen LogP contribution is 2.45. The van der Waals surface area contributed by atoms with Gasteiger partial charge in [0, 0.05) is 49.0 Å². The number of aromatic hydroxyl groups is 1. The summed E-state index contributed by atoms with van der Waals surface area (Å²) in [5, 5.41) is 12.2. The molecule has 0 amide bonds. The topological polar surface area (TPSA) is 57.9 Å². The Labute approximate surface area is 208 Å². The molecule has 2 aromatic carbocycles. The van der Waals surface area contributed by atoms with Gasteiger partial charge in [-0.2, -0.15) is 0 Å². The van der Waals surface area contributed by atoms with Crippen LogP contribution in [-0.4, -0.2) is 48.4 Å². The van der Waals surface area contributed by atoms with E-state index in [1.807, 2.05) is 26.8 Å². The SMILES string of the molecule is CCOC(=O)c1c(C)n(C2CCCCC2)c2cc(C)c(O)c(N3CCN(c4ccccc4)CC3)c12. The largest absolute Gasteiger partial charge is 0.505 e. The predicted molar refractivity (Wildman–Crippen MR) is 142 cm³/mol. The number of para-hydroxylation sites is 1. The second kappa shape index (κ2) is 9.84. The van der Waals surface area contributed by atoms with E-state index in [1.54, 1.807) is 0 Å². The van der Waals surface area contributed by atoms with Crippen LogP contribution in [-0.2, 0) is 4.74 Å². The van der Waals surface area contributed by atoms with Crippen molar-refractivity contribution in [3.63, 3.8) is 0 Å². The fourth-order valence-corrected chi connectivity index (χ4v) is 6.09. The number of phenols is 1. The smallest absolute Gasteiger partial charge is 0.340 e. The summed E-state index contributed by atoms with van der Waals surface area (Å²) in [6, 6.07) is 12.9. The van der Waals surface area contributed by atoms with E-state index in [-0.39, 0.29) is 11.7 Å². The van der Waals surface area contributed by atoms with Gasteiger partial charge in [-0.1, -0.05) is 37.5 Å². The fourth-order valence-electron chi connectivity index (χ4n) is 6.09. The highest BCUT2D eigenvalue weighted by Gasteiger charge is 2.32. The number of aromatic nitrogens is 1. The number of esters is 1. The zero-order chi connectivity index (χ0) is 24.5. The summed E-state index contributed by atoms with van der Waals surface area (Å²) < 4.78 is 7.92. The first-order chi connectivity index (χ1) is 17.0. The number of ether oxygens (including phenoxy) is 1. The van der Waals surface area contributed by atoms with Gasteiger partial charge in [0.1, 0.15) is 5.75 Å². The van der Waals surface area contributed by atoms with Crippen LogP contribution in [0.4, 0.5) is 11.4 Å². The standard InChI is InChI=1S/C29H37N3O3/c1-4-35-29(34)25-21(3)32(23-13-9-6-10-14-23)24-19-20(2)28(33)27(26(24)25)31-17-15-30(16-18-31)22-11-7-5-8-12-22/h5,7-8,11-12,19,23,33H,4,6,9-10,13-18H2,1-3H3. The molecule has 35 heavy (non-hydrogen) atoms. The van der Waals surface area contributed by atoms with Crippen molar-refractivity contribution in [2.24, 2.45) is 0 Å². The van der Waals surface area contributed by atoms with Crippen molar-refractivity contribution in [1.29, 1.82) is 0 Å². The van der Waals surface area contributed by atoms with E-state index in [9.17, 15) is 9.90 Å². The summed E-state index contributed by atoms with van der Waals surface area (Å²) in [6.45, 7) is 9.45. The predicted octanol–water partition coefficient (Wildman–Crippen LogP) is 5.97. The van der Waals surface area contributed by atoms with Crippen LogP contribution in [0.1, 0.15) is 66.7 Å². The monoisotopic (exact) mass is 475 g/mol. The quantitative estimate of drug-likeness (QED) is 0.461. The number of benzene rings is 2. The summed E-state index contributed by atoms with van der Waals surface area (Å²) in [5.41, 5.74) is 5.48. The summed E-state index contributed by atoms with van der Waals surface area (Å²) in [6.07, 6.45) is 5.94. The van der Waals surface area contributed by atoms with Gasteiger partial charge in [0.05, 0.1) is 23.4 Å². The number of piperazine rings is 1. The molecule has 2 aliphatic rings. The normalized spacial score (nSPS) is 17.2. The van der Waals surface area contributed by atoms with Crippen molar-refractivity contribution in [3.8, 4) is 5.75 Å². The molecule has 2 fully saturated rings. The van der Waals surface area contributed by atoms with Crippen molar-refractivity contribution >= 4 is 28.2 Å². The van der Waals surface area contributed by atoms with Gasteiger partial charge in [-0.15, -0.1) is 0 Å². The molecule has 1 aliphatic heterocycles. The second-order valence-electron chi connectivity index (χ2n) is 9.94. The lowest BCUT2D eigenvalue weighted by atomic mass is 9.95. The lowest BCUT2D eigenvalue weighted by Gasteiger charge is -2.38. The third kappa shape index (κ3) is 4.24. The molecule has 1 N–H and O–H groups in total. The Morgan fingerprint density at radius 3 is 2.31 bits per heavy atom. The summed E-state index contributed by atoms with van der Waals surface area (Å²) in [7, 11) is 0. The molecule has 0 radical (unpaired) electrons. The maximum Gasteiger partial charge on any atom is 0.340 e. The molecule has 2 heterocycles. The van der Waals surface area contributed by atoms with Crippen LogP contribution in [0.2, 0.25) is 0 Å². The first kappa shape index (κ1) is 23.6. The van der Waals surface area contributed by atoms with Gasteiger partial charge in [0.15, 0.2) is 0 Å². The van der Waals surface area contributed by atoms with E-state index < -0.39 is 0 Å². The number of hydrogen-bond acceptors (Lipinski definition) is 5. The van der Waals surface area contributed by atoms with E-state index >= 15 is 0 Å². The number of carbonyl (C=O) groups excluding carboxylic acids is 1. The minimum absolute atomic E-state index is 0.275. The number of carbonyl (C=O) groups is 1. The number of aryl methyl sites for hydroxylation is 1. The third-order valence-corrected chi connectivity index (χ3v) is 7.81. The number of fused-ring (bicyclic) bond motifs is 1. The van der Waals surface area contributed by atoms with Gasteiger partial charge in [-0.25, -0.2) is 4.79 Å². The van der Waals surface area contributed by atoms with Gasteiger partial charge in [0.25, 0.3) is 0 Å². The van der Waals surface area contributed by atoms with E-state index in [1.165, 1.54) is 24.9 Å². The number of phenolic OH excluding ortho intramolecular Hbond substituents is 1. The average Bonchev–Trinajstić information content (AvgIpc) is 3.17. The van der Waals surface area contributed by atoms with E-state index in [0.717, 1.165) is 66.9 Å². The van der Waals surface area contributed by atoms with Crippen molar-refractivity contribution in [3.05, 3.63) is 53.2 Å². The van der Waals surface area contributed by atoms with Crippen LogP contribution in [0.5, 0.6) is 5.75 Å². The first-order valence-corrected chi connectivity index (χ1v) is 13.1. The lowest BCUT2D eigenvalue weighted by molar-refractivity contribution is 0.0527. The summed E-state index contributed by atoms with van der Waals surface area (Å²) in [4.78, 5) is 17.9.